The Morgan fingerprint density at radius 3 is 2.70 bits per heavy atom. The number of ether oxygens (including phenoxy) is 2. The van der Waals surface area contributed by atoms with Crippen molar-refractivity contribution in [1.29, 1.82) is 0 Å². The molecule has 1 fully saturated rings. The predicted molar refractivity (Wildman–Crippen MR) is 82.7 cm³/mol. The minimum Gasteiger partial charge on any atom is -0.493 e. The van der Waals surface area contributed by atoms with Crippen molar-refractivity contribution in [2.45, 2.75) is 39.0 Å². The first-order valence-electron chi connectivity index (χ1n) is 7.84. The third kappa shape index (κ3) is 4.41. The van der Waals surface area contributed by atoms with E-state index in [1.54, 1.807) is 7.11 Å². The first-order chi connectivity index (χ1) is 9.83. The fourth-order valence-corrected chi connectivity index (χ4v) is 2.78. The Balaban J connectivity index is 1.84. The Kier molecular flexibility index (Phi) is 6.19. The molecule has 1 N–H and O–H groups in total. The lowest BCUT2D eigenvalue weighted by atomic mass is 9.95. The van der Waals surface area contributed by atoms with Crippen molar-refractivity contribution in [2.24, 2.45) is 5.92 Å². The molecule has 1 aliphatic rings. The van der Waals surface area contributed by atoms with Gasteiger partial charge in [-0.3, -0.25) is 0 Å². The SMILES string of the molecule is CCCc1ccc(OCCC2CCNCC2)c(OC)c1. The van der Waals surface area contributed by atoms with Gasteiger partial charge in [0, 0.05) is 0 Å². The molecule has 0 unspecified atom stereocenters. The number of aryl methyl sites for hydroxylation is 1. The van der Waals surface area contributed by atoms with Crippen molar-refractivity contribution >= 4 is 0 Å². The summed E-state index contributed by atoms with van der Waals surface area (Å²) < 4.78 is 11.4. The third-order valence-electron chi connectivity index (χ3n) is 4.01. The maximum absolute atomic E-state index is 5.92. The molecule has 112 valence electrons. The van der Waals surface area contributed by atoms with Gasteiger partial charge in [-0.05, 0) is 62.4 Å². The first-order valence-corrected chi connectivity index (χ1v) is 7.84. The summed E-state index contributed by atoms with van der Waals surface area (Å²) in [6.45, 7) is 5.28. The van der Waals surface area contributed by atoms with Crippen LogP contribution in [0.2, 0.25) is 0 Å². The lowest BCUT2D eigenvalue weighted by Crippen LogP contribution is -2.28. The summed E-state index contributed by atoms with van der Waals surface area (Å²) in [5, 5.41) is 3.40. The highest BCUT2D eigenvalue weighted by atomic mass is 16.5. The molecule has 0 spiro atoms. The van der Waals surface area contributed by atoms with Gasteiger partial charge in [-0.25, -0.2) is 0 Å². The van der Waals surface area contributed by atoms with Crippen LogP contribution in [-0.2, 0) is 6.42 Å². The molecule has 0 amide bonds. The average Bonchev–Trinajstić information content (AvgIpc) is 2.50. The van der Waals surface area contributed by atoms with Crippen LogP contribution in [-0.4, -0.2) is 26.8 Å². The van der Waals surface area contributed by atoms with E-state index in [4.69, 9.17) is 9.47 Å². The second-order valence-electron chi connectivity index (χ2n) is 5.57. The van der Waals surface area contributed by atoms with E-state index in [-0.39, 0.29) is 0 Å². The van der Waals surface area contributed by atoms with Gasteiger partial charge in [0.1, 0.15) is 0 Å². The van der Waals surface area contributed by atoms with Gasteiger partial charge in [0.15, 0.2) is 11.5 Å². The molecule has 3 nitrogen and oxygen atoms in total. The van der Waals surface area contributed by atoms with Gasteiger partial charge < -0.3 is 14.8 Å². The van der Waals surface area contributed by atoms with Gasteiger partial charge in [-0.15, -0.1) is 0 Å². The normalized spacial score (nSPS) is 16.1. The van der Waals surface area contributed by atoms with Gasteiger partial charge in [0.05, 0.1) is 13.7 Å². The molecule has 1 aromatic carbocycles. The lowest BCUT2D eigenvalue weighted by molar-refractivity contribution is 0.243. The summed E-state index contributed by atoms with van der Waals surface area (Å²) in [6, 6.07) is 6.29. The molecule has 0 bridgehead atoms. The summed E-state index contributed by atoms with van der Waals surface area (Å²) in [4.78, 5) is 0. The van der Waals surface area contributed by atoms with Crippen LogP contribution in [0.3, 0.4) is 0 Å². The number of methoxy groups -OCH3 is 1. The zero-order chi connectivity index (χ0) is 14.2. The highest BCUT2D eigenvalue weighted by molar-refractivity contribution is 5.43. The van der Waals surface area contributed by atoms with Crippen LogP contribution < -0.4 is 14.8 Å². The molecule has 0 aliphatic carbocycles. The summed E-state index contributed by atoms with van der Waals surface area (Å²) in [5.41, 5.74) is 1.31. The third-order valence-corrected chi connectivity index (χ3v) is 4.01. The van der Waals surface area contributed by atoms with Gasteiger partial charge >= 0.3 is 0 Å². The molecular weight excluding hydrogens is 250 g/mol. The van der Waals surface area contributed by atoms with Crippen LogP contribution in [0, 0.1) is 5.92 Å². The average molecular weight is 277 g/mol. The second-order valence-corrected chi connectivity index (χ2v) is 5.57. The topological polar surface area (TPSA) is 30.5 Å². The van der Waals surface area contributed by atoms with Gasteiger partial charge in [-0.1, -0.05) is 19.4 Å². The second kappa shape index (κ2) is 8.15. The summed E-state index contributed by atoms with van der Waals surface area (Å²) >= 11 is 0. The molecular formula is C17H27NO2. The zero-order valence-corrected chi connectivity index (χ0v) is 12.8. The number of nitrogens with one attached hydrogen (secondary N) is 1. The van der Waals surface area contributed by atoms with E-state index in [1.807, 2.05) is 6.07 Å². The minimum atomic E-state index is 0.786. The Bertz CT molecular complexity index is 400. The molecule has 2 rings (SSSR count). The smallest absolute Gasteiger partial charge is 0.161 e. The van der Waals surface area contributed by atoms with Crippen molar-refractivity contribution < 1.29 is 9.47 Å². The molecule has 1 saturated heterocycles. The van der Waals surface area contributed by atoms with Gasteiger partial charge in [0.25, 0.3) is 0 Å². The predicted octanol–water partition coefficient (Wildman–Crippen LogP) is 3.42. The fourth-order valence-electron chi connectivity index (χ4n) is 2.78. The molecule has 1 aliphatic heterocycles. The van der Waals surface area contributed by atoms with Crippen LogP contribution in [0.4, 0.5) is 0 Å². The minimum absolute atomic E-state index is 0.786. The van der Waals surface area contributed by atoms with Crippen LogP contribution in [0.5, 0.6) is 11.5 Å². The van der Waals surface area contributed by atoms with E-state index in [1.165, 1.54) is 18.4 Å². The Morgan fingerprint density at radius 1 is 1.20 bits per heavy atom. The zero-order valence-electron chi connectivity index (χ0n) is 12.8. The van der Waals surface area contributed by atoms with E-state index < -0.39 is 0 Å². The first kappa shape index (κ1) is 15.2. The molecule has 0 radical (unpaired) electrons. The van der Waals surface area contributed by atoms with Crippen molar-refractivity contribution in [3.8, 4) is 11.5 Å². The van der Waals surface area contributed by atoms with Crippen LogP contribution >= 0.6 is 0 Å². The molecule has 1 aromatic rings. The highest BCUT2D eigenvalue weighted by Crippen LogP contribution is 2.29. The van der Waals surface area contributed by atoms with Crippen LogP contribution in [0.15, 0.2) is 18.2 Å². The highest BCUT2D eigenvalue weighted by Gasteiger charge is 2.13. The number of hydrogen-bond acceptors (Lipinski definition) is 3. The Labute approximate surface area is 122 Å². The maximum Gasteiger partial charge on any atom is 0.161 e. The lowest BCUT2D eigenvalue weighted by Gasteiger charge is -2.22. The molecule has 20 heavy (non-hydrogen) atoms. The van der Waals surface area contributed by atoms with Gasteiger partial charge in [0.2, 0.25) is 0 Å². The number of hydrogen-bond donors (Lipinski definition) is 1. The van der Waals surface area contributed by atoms with Gasteiger partial charge in [-0.2, -0.15) is 0 Å². The monoisotopic (exact) mass is 277 g/mol. The summed E-state index contributed by atoms with van der Waals surface area (Å²) in [5.74, 6) is 2.55. The molecule has 3 heteroatoms. The standard InChI is InChI=1S/C17H27NO2/c1-3-4-15-5-6-16(17(13-15)19-2)20-12-9-14-7-10-18-11-8-14/h5-6,13-14,18H,3-4,7-12H2,1-2H3. The molecule has 1 heterocycles. The Morgan fingerprint density at radius 2 is 2.00 bits per heavy atom. The number of benzene rings is 1. The van der Waals surface area contributed by atoms with E-state index in [0.29, 0.717) is 0 Å². The van der Waals surface area contributed by atoms with E-state index in [0.717, 1.165) is 56.4 Å². The molecule has 0 atom stereocenters. The largest absolute Gasteiger partial charge is 0.493 e. The van der Waals surface area contributed by atoms with E-state index in [9.17, 15) is 0 Å². The Hall–Kier alpha value is -1.22. The van der Waals surface area contributed by atoms with E-state index in [2.05, 4.69) is 24.4 Å². The fraction of sp³-hybridized carbons (Fsp3) is 0.647. The van der Waals surface area contributed by atoms with Crippen LogP contribution in [0.1, 0.15) is 38.2 Å². The molecule has 0 saturated carbocycles. The maximum atomic E-state index is 5.92. The van der Waals surface area contributed by atoms with E-state index >= 15 is 0 Å². The van der Waals surface area contributed by atoms with Crippen molar-refractivity contribution in [1.82, 2.24) is 5.32 Å². The number of piperidine rings is 1. The van der Waals surface area contributed by atoms with Crippen molar-refractivity contribution in [3.05, 3.63) is 23.8 Å². The summed E-state index contributed by atoms with van der Waals surface area (Å²) in [7, 11) is 1.71. The van der Waals surface area contributed by atoms with Crippen LogP contribution in [0.25, 0.3) is 0 Å². The quantitative estimate of drug-likeness (QED) is 0.828. The summed E-state index contributed by atoms with van der Waals surface area (Å²) in [6.07, 6.45) is 5.93. The van der Waals surface area contributed by atoms with Crippen molar-refractivity contribution in [2.75, 3.05) is 26.8 Å². The molecule has 0 aromatic heterocycles. The number of rotatable bonds is 7. The van der Waals surface area contributed by atoms with Crippen molar-refractivity contribution in [3.63, 3.8) is 0 Å².